The summed E-state index contributed by atoms with van der Waals surface area (Å²) in [4.78, 5) is 26.8. The number of carbonyl (C=O) groups is 2. The van der Waals surface area contributed by atoms with Crippen molar-refractivity contribution >= 4 is 24.2 Å². The van der Waals surface area contributed by atoms with E-state index in [0.29, 0.717) is 25.4 Å². The minimum atomic E-state index is -0.481. The third-order valence-corrected chi connectivity index (χ3v) is 4.87. The number of rotatable bonds is 4. The predicted octanol–water partition coefficient (Wildman–Crippen LogP) is 1.89. The molecule has 2 saturated heterocycles. The number of piperazine rings is 1. The summed E-state index contributed by atoms with van der Waals surface area (Å²) in [6.45, 7) is 3.24. The van der Waals surface area contributed by atoms with Crippen molar-refractivity contribution in [3.8, 4) is 0 Å². The summed E-state index contributed by atoms with van der Waals surface area (Å²) in [5.74, 6) is 0.666. The van der Waals surface area contributed by atoms with Crippen molar-refractivity contribution in [3.63, 3.8) is 0 Å². The van der Waals surface area contributed by atoms with Gasteiger partial charge in [-0.2, -0.15) is 0 Å². The third-order valence-electron chi connectivity index (χ3n) is 4.87. The molecule has 132 valence electrons. The molecule has 24 heavy (non-hydrogen) atoms. The summed E-state index contributed by atoms with van der Waals surface area (Å²) in [5, 5.41) is 6.23. The molecule has 2 fully saturated rings. The minimum Gasteiger partial charge on any atom is -0.352 e. The lowest BCUT2D eigenvalue weighted by atomic mass is 9.92. The molecule has 6 heteroatoms. The average molecular weight is 352 g/mol. The fourth-order valence-corrected chi connectivity index (χ4v) is 3.54. The Morgan fingerprint density at radius 3 is 2.54 bits per heavy atom. The molecule has 1 unspecified atom stereocenters. The molecule has 0 radical (unpaired) electrons. The summed E-state index contributed by atoms with van der Waals surface area (Å²) in [7, 11) is 0. The summed E-state index contributed by atoms with van der Waals surface area (Å²) < 4.78 is 0. The van der Waals surface area contributed by atoms with Crippen LogP contribution in [-0.4, -0.2) is 42.9 Å². The lowest BCUT2D eigenvalue weighted by molar-refractivity contribution is -0.143. The minimum absolute atomic E-state index is 0. The van der Waals surface area contributed by atoms with Gasteiger partial charge < -0.3 is 15.5 Å². The maximum Gasteiger partial charge on any atom is 0.247 e. The molecule has 2 amide bonds. The molecule has 0 saturated carbocycles. The molecule has 1 atom stereocenters. The SMILES string of the molecule is Cl.O=C1NCCN(C(=O)CCC2CCNCC2)C1c1ccccc1. The Morgan fingerprint density at radius 2 is 1.83 bits per heavy atom. The Kier molecular flexibility index (Phi) is 7.06. The highest BCUT2D eigenvalue weighted by Crippen LogP contribution is 2.25. The molecular formula is C18H26ClN3O2. The van der Waals surface area contributed by atoms with Crippen molar-refractivity contribution in [3.05, 3.63) is 35.9 Å². The molecule has 2 N–H and O–H groups in total. The van der Waals surface area contributed by atoms with Gasteiger partial charge in [-0.05, 0) is 43.8 Å². The molecule has 2 aliphatic heterocycles. The van der Waals surface area contributed by atoms with E-state index in [2.05, 4.69) is 10.6 Å². The van der Waals surface area contributed by atoms with Gasteiger partial charge in [0, 0.05) is 19.5 Å². The summed E-state index contributed by atoms with van der Waals surface area (Å²) in [6.07, 6.45) is 3.77. The van der Waals surface area contributed by atoms with E-state index in [0.717, 1.165) is 37.9 Å². The molecular weight excluding hydrogens is 326 g/mol. The number of benzene rings is 1. The largest absolute Gasteiger partial charge is 0.352 e. The number of nitrogens with one attached hydrogen (secondary N) is 2. The summed E-state index contributed by atoms with van der Waals surface area (Å²) in [6, 6.07) is 9.10. The molecule has 1 aromatic carbocycles. The fraction of sp³-hybridized carbons (Fsp3) is 0.556. The number of piperidine rings is 1. The van der Waals surface area contributed by atoms with Gasteiger partial charge in [0.15, 0.2) is 0 Å². The first kappa shape index (κ1) is 18.7. The fourth-order valence-electron chi connectivity index (χ4n) is 3.54. The molecule has 1 aromatic rings. The Morgan fingerprint density at radius 1 is 1.12 bits per heavy atom. The zero-order chi connectivity index (χ0) is 16.1. The smallest absolute Gasteiger partial charge is 0.247 e. The second-order valence-electron chi connectivity index (χ2n) is 6.42. The first-order valence-electron chi connectivity index (χ1n) is 8.58. The van der Waals surface area contributed by atoms with Crippen LogP contribution in [0.15, 0.2) is 30.3 Å². The number of amides is 2. The van der Waals surface area contributed by atoms with Crippen LogP contribution < -0.4 is 10.6 Å². The van der Waals surface area contributed by atoms with Crippen LogP contribution in [0.4, 0.5) is 0 Å². The molecule has 2 aliphatic rings. The van der Waals surface area contributed by atoms with Crippen LogP contribution in [0.3, 0.4) is 0 Å². The normalized spacial score (nSPS) is 21.8. The van der Waals surface area contributed by atoms with E-state index >= 15 is 0 Å². The van der Waals surface area contributed by atoms with Gasteiger partial charge in [-0.15, -0.1) is 12.4 Å². The van der Waals surface area contributed by atoms with Crippen LogP contribution in [0.1, 0.15) is 37.3 Å². The molecule has 2 heterocycles. The lowest BCUT2D eigenvalue weighted by Gasteiger charge is -2.35. The van der Waals surface area contributed by atoms with Crippen molar-refractivity contribution in [2.24, 2.45) is 5.92 Å². The van der Waals surface area contributed by atoms with E-state index in [4.69, 9.17) is 0 Å². The van der Waals surface area contributed by atoms with Crippen molar-refractivity contribution in [1.82, 2.24) is 15.5 Å². The second kappa shape index (κ2) is 9.04. The van der Waals surface area contributed by atoms with Gasteiger partial charge in [-0.1, -0.05) is 30.3 Å². The van der Waals surface area contributed by atoms with E-state index in [1.807, 2.05) is 30.3 Å². The number of halogens is 1. The lowest BCUT2D eigenvalue weighted by Crippen LogP contribution is -2.52. The Bertz CT molecular complexity index is 546. The number of carbonyl (C=O) groups excluding carboxylic acids is 2. The quantitative estimate of drug-likeness (QED) is 0.870. The van der Waals surface area contributed by atoms with Crippen molar-refractivity contribution < 1.29 is 9.59 Å². The topological polar surface area (TPSA) is 61.4 Å². The van der Waals surface area contributed by atoms with Crippen molar-refractivity contribution in [2.45, 2.75) is 31.7 Å². The van der Waals surface area contributed by atoms with E-state index < -0.39 is 6.04 Å². The van der Waals surface area contributed by atoms with Gasteiger partial charge in [0.25, 0.3) is 0 Å². The van der Waals surface area contributed by atoms with Crippen LogP contribution in [0.5, 0.6) is 0 Å². The van der Waals surface area contributed by atoms with E-state index in [9.17, 15) is 9.59 Å². The molecule has 5 nitrogen and oxygen atoms in total. The van der Waals surface area contributed by atoms with Crippen LogP contribution in [0.2, 0.25) is 0 Å². The maximum absolute atomic E-state index is 12.7. The molecule has 0 bridgehead atoms. The molecule has 0 aliphatic carbocycles. The van der Waals surface area contributed by atoms with Gasteiger partial charge in [0.1, 0.15) is 6.04 Å². The Balaban J connectivity index is 0.00000208. The van der Waals surface area contributed by atoms with Gasteiger partial charge in [0.05, 0.1) is 0 Å². The highest BCUT2D eigenvalue weighted by Gasteiger charge is 2.34. The van der Waals surface area contributed by atoms with Crippen LogP contribution >= 0.6 is 12.4 Å². The highest BCUT2D eigenvalue weighted by molar-refractivity contribution is 5.89. The van der Waals surface area contributed by atoms with E-state index in [1.165, 1.54) is 0 Å². The van der Waals surface area contributed by atoms with E-state index in [-0.39, 0.29) is 24.2 Å². The highest BCUT2D eigenvalue weighted by atomic mass is 35.5. The zero-order valence-corrected chi connectivity index (χ0v) is 14.7. The zero-order valence-electron chi connectivity index (χ0n) is 13.9. The van der Waals surface area contributed by atoms with Crippen LogP contribution in [0.25, 0.3) is 0 Å². The van der Waals surface area contributed by atoms with Crippen molar-refractivity contribution in [2.75, 3.05) is 26.2 Å². The van der Waals surface area contributed by atoms with Gasteiger partial charge in [-0.3, -0.25) is 9.59 Å². The Labute approximate surface area is 149 Å². The molecule has 0 spiro atoms. The second-order valence-corrected chi connectivity index (χ2v) is 6.42. The predicted molar refractivity (Wildman–Crippen MR) is 96.0 cm³/mol. The first-order chi connectivity index (χ1) is 11.3. The third kappa shape index (κ3) is 4.48. The molecule has 3 rings (SSSR count). The van der Waals surface area contributed by atoms with E-state index in [1.54, 1.807) is 4.90 Å². The summed E-state index contributed by atoms with van der Waals surface area (Å²) in [5.41, 5.74) is 0.889. The van der Waals surface area contributed by atoms with Gasteiger partial charge in [-0.25, -0.2) is 0 Å². The molecule has 0 aromatic heterocycles. The number of nitrogens with zero attached hydrogens (tertiary/aromatic N) is 1. The Hall–Kier alpha value is -1.59. The van der Waals surface area contributed by atoms with Crippen molar-refractivity contribution in [1.29, 1.82) is 0 Å². The van der Waals surface area contributed by atoms with Crippen LogP contribution in [-0.2, 0) is 9.59 Å². The summed E-state index contributed by atoms with van der Waals surface area (Å²) >= 11 is 0. The monoisotopic (exact) mass is 351 g/mol. The number of hydrogen-bond acceptors (Lipinski definition) is 3. The first-order valence-corrected chi connectivity index (χ1v) is 8.58. The standard InChI is InChI=1S/C18H25N3O2.ClH/c22-16(7-6-14-8-10-19-11-9-14)21-13-12-20-18(23)17(21)15-4-2-1-3-5-15;/h1-5,14,17,19H,6-13H2,(H,20,23);1H. The van der Waals surface area contributed by atoms with Crippen LogP contribution in [0, 0.1) is 5.92 Å². The van der Waals surface area contributed by atoms with Gasteiger partial charge >= 0.3 is 0 Å². The number of hydrogen-bond donors (Lipinski definition) is 2. The average Bonchev–Trinajstić information content (AvgIpc) is 2.61. The van der Waals surface area contributed by atoms with Gasteiger partial charge in [0.2, 0.25) is 11.8 Å². The maximum atomic E-state index is 12.7.